The molecule has 2 N–H and O–H groups in total. The van der Waals surface area contributed by atoms with Gasteiger partial charge in [-0.3, -0.25) is 0 Å². The lowest BCUT2D eigenvalue weighted by Crippen LogP contribution is -2.02. The lowest BCUT2D eigenvalue weighted by Gasteiger charge is -2.10. The van der Waals surface area contributed by atoms with Gasteiger partial charge < -0.3 is 10.6 Å². The van der Waals surface area contributed by atoms with Crippen molar-refractivity contribution < 1.29 is 0 Å². The molecule has 0 unspecified atom stereocenters. The molecule has 1 aromatic heterocycles. The van der Waals surface area contributed by atoms with Gasteiger partial charge in [-0.2, -0.15) is 4.98 Å². The van der Waals surface area contributed by atoms with E-state index in [4.69, 9.17) is 11.6 Å². The molecular weight excluding hydrogens is 296 g/mol. The molecule has 0 amide bonds. The second-order valence-corrected chi connectivity index (χ2v) is 5.28. The number of aromatic nitrogens is 2. The maximum atomic E-state index is 5.89. The van der Waals surface area contributed by atoms with Gasteiger partial charge in [0.2, 0.25) is 5.95 Å². The Balaban J connectivity index is 1.82. The van der Waals surface area contributed by atoms with Crippen LogP contribution >= 0.6 is 11.6 Å². The summed E-state index contributed by atoms with van der Waals surface area (Å²) in [6, 6.07) is 19.2. The molecular formula is C17H15ClN4. The first-order chi connectivity index (χ1) is 10.7. The normalized spacial score (nSPS) is 10.3. The minimum Gasteiger partial charge on any atom is -0.340 e. The van der Waals surface area contributed by atoms with E-state index in [9.17, 15) is 0 Å². The van der Waals surface area contributed by atoms with Crippen molar-refractivity contribution in [1.82, 2.24) is 9.97 Å². The first-order valence-corrected chi connectivity index (χ1v) is 7.27. The average Bonchev–Trinajstić information content (AvgIpc) is 2.50. The number of nitrogens with zero attached hydrogens (tertiary/aromatic N) is 2. The van der Waals surface area contributed by atoms with Crippen LogP contribution in [0.1, 0.15) is 5.69 Å². The van der Waals surface area contributed by atoms with Gasteiger partial charge in [-0.15, -0.1) is 0 Å². The van der Waals surface area contributed by atoms with E-state index < -0.39 is 0 Å². The molecule has 1 heterocycles. The average molecular weight is 311 g/mol. The third-order valence-corrected chi connectivity index (χ3v) is 3.25. The van der Waals surface area contributed by atoms with Crippen LogP contribution in [0, 0.1) is 6.92 Å². The maximum absolute atomic E-state index is 5.89. The molecule has 0 fully saturated rings. The zero-order valence-corrected chi connectivity index (χ0v) is 12.8. The number of aryl methyl sites for hydroxylation is 1. The molecule has 4 nitrogen and oxygen atoms in total. The largest absolute Gasteiger partial charge is 0.340 e. The molecule has 2 aromatic carbocycles. The topological polar surface area (TPSA) is 49.8 Å². The molecule has 3 aromatic rings. The fourth-order valence-electron chi connectivity index (χ4n) is 2.02. The number of para-hydroxylation sites is 1. The van der Waals surface area contributed by atoms with Crippen LogP contribution < -0.4 is 10.6 Å². The van der Waals surface area contributed by atoms with Crippen molar-refractivity contribution in [2.24, 2.45) is 0 Å². The van der Waals surface area contributed by atoms with E-state index in [1.807, 2.05) is 67.6 Å². The fourth-order valence-corrected chi connectivity index (χ4v) is 2.15. The summed E-state index contributed by atoms with van der Waals surface area (Å²) in [5, 5.41) is 7.15. The van der Waals surface area contributed by atoms with Gasteiger partial charge >= 0.3 is 0 Å². The summed E-state index contributed by atoms with van der Waals surface area (Å²) in [4.78, 5) is 8.88. The Morgan fingerprint density at radius 2 is 1.50 bits per heavy atom. The lowest BCUT2D eigenvalue weighted by atomic mass is 10.3. The van der Waals surface area contributed by atoms with Gasteiger partial charge in [0.1, 0.15) is 5.82 Å². The number of hydrogen-bond donors (Lipinski definition) is 2. The minimum atomic E-state index is 0.558. The van der Waals surface area contributed by atoms with Gasteiger partial charge in [-0.05, 0) is 43.3 Å². The maximum Gasteiger partial charge on any atom is 0.229 e. The van der Waals surface area contributed by atoms with Crippen LogP contribution in [0.5, 0.6) is 0 Å². The van der Waals surface area contributed by atoms with E-state index in [1.165, 1.54) is 0 Å². The molecule has 0 aliphatic carbocycles. The molecule has 0 bridgehead atoms. The Morgan fingerprint density at radius 1 is 0.818 bits per heavy atom. The van der Waals surface area contributed by atoms with E-state index in [0.29, 0.717) is 11.0 Å². The van der Waals surface area contributed by atoms with Crippen LogP contribution in [-0.4, -0.2) is 9.97 Å². The van der Waals surface area contributed by atoms with Crippen molar-refractivity contribution in [3.8, 4) is 0 Å². The van der Waals surface area contributed by atoms with Crippen molar-refractivity contribution in [3.63, 3.8) is 0 Å². The fraction of sp³-hybridized carbons (Fsp3) is 0.0588. The highest BCUT2D eigenvalue weighted by Gasteiger charge is 2.03. The molecule has 0 spiro atoms. The summed E-state index contributed by atoms with van der Waals surface area (Å²) < 4.78 is 0. The SMILES string of the molecule is Cc1cc(Nc2ccc(Cl)cc2)nc(Nc2ccccc2)n1. The van der Waals surface area contributed by atoms with Crippen LogP contribution in [0.15, 0.2) is 60.7 Å². The standard InChI is InChI=1S/C17H15ClN4/c1-12-11-16(20-15-9-7-13(18)8-10-15)22-17(19-12)21-14-5-3-2-4-6-14/h2-11H,1H3,(H2,19,20,21,22). The first-order valence-electron chi connectivity index (χ1n) is 6.89. The van der Waals surface area contributed by atoms with E-state index in [1.54, 1.807) is 0 Å². The second kappa shape index (κ2) is 6.45. The van der Waals surface area contributed by atoms with E-state index in [0.717, 1.165) is 22.9 Å². The minimum absolute atomic E-state index is 0.558. The first kappa shape index (κ1) is 14.4. The van der Waals surface area contributed by atoms with Gasteiger partial charge in [0.15, 0.2) is 0 Å². The summed E-state index contributed by atoms with van der Waals surface area (Å²) in [6.07, 6.45) is 0. The highest BCUT2D eigenvalue weighted by molar-refractivity contribution is 6.30. The van der Waals surface area contributed by atoms with Gasteiger partial charge in [-0.1, -0.05) is 29.8 Å². The Morgan fingerprint density at radius 3 is 2.23 bits per heavy atom. The summed E-state index contributed by atoms with van der Waals surface area (Å²) in [6.45, 7) is 1.94. The molecule has 0 radical (unpaired) electrons. The number of nitrogens with one attached hydrogen (secondary N) is 2. The third-order valence-electron chi connectivity index (χ3n) is 3.00. The highest BCUT2D eigenvalue weighted by atomic mass is 35.5. The summed E-state index contributed by atoms with van der Waals surface area (Å²) in [5.74, 6) is 1.29. The smallest absolute Gasteiger partial charge is 0.229 e. The number of hydrogen-bond acceptors (Lipinski definition) is 4. The van der Waals surface area contributed by atoms with Gasteiger partial charge in [-0.25, -0.2) is 4.98 Å². The summed E-state index contributed by atoms with van der Waals surface area (Å²) in [7, 11) is 0. The van der Waals surface area contributed by atoms with Crippen LogP contribution in [0.2, 0.25) is 5.02 Å². The van der Waals surface area contributed by atoms with Crippen molar-refractivity contribution in [2.75, 3.05) is 10.6 Å². The molecule has 0 saturated heterocycles. The molecule has 0 atom stereocenters. The zero-order chi connectivity index (χ0) is 15.4. The van der Waals surface area contributed by atoms with Crippen molar-refractivity contribution in [1.29, 1.82) is 0 Å². The molecule has 22 heavy (non-hydrogen) atoms. The molecule has 110 valence electrons. The molecule has 0 saturated carbocycles. The van der Waals surface area contributed by atoms with Crippen LogP contribution in [0.4, 0.5) is 23.1 Å². The van der Waals surface area contributed by atoms with Gasteiger partial charge in [0, 0.05) is 28.2 Å². The number of rotatable bonds is 4. The van der Waals surface area contributed by atoms with Crippen LogP contribution in [-0.2, 0) is 0 Å². The zero-order valence-electron chi connectivity index (χ0n) is 12.0. The summed E-state index contributed by atoms with van der Waals surface area (Å²) in [5.41, 5.74) is 2.75. The Hall–Kier alpha value is -2.59. The number of halogens is 1. The molecule has 0 aliphatic heterocycles. The highest BCUT2D eigenvalue weighted by Crippen LogP contribution is 2.20. The van der Waals surface area contributed by atoms with E-state index >= 15 is 0 Å². The van der Waals surface area contributed by atoms with Crippen molar-refractivity contribution in [3.05, 3.63) is 71.4 Å². The Bertz CT molecular complexity index is 757. The molecule has 5 heteroatoms. The molecule has 3 rings (SSSR count). The second-order valence-electron chi connectivity index (χ2n) is 4.84. The third kappa shape index (κ3) is 3.74. The summed E-state index contributed by atoms with van der Waals surface area (Å²) >= 11 is 5.89. The van der Waals surface area contributed by atoms with Gasteiger partial charge in [0.05, 0.1) is 0 Å². The quantitative estimate of drug-likeness (QED) is 0.717. The Kier molecular flexibility index (Phi) is 4.21. The van der Waals surface area contributed by atoms with E-state index in [2.05, 4.69) is 20.6 Å². The van der Waals surface area contributed by atoms with Crippen LogP contribution in [0.25, 0.3) is 0 Å². The number of benzene rings is 2. The van der Waals surface area contributed by atoms with Gasteiger partial charge in [0.25, 0.3) is 0 Å². The molecule has 0 aliphatic rings. The van der Waals surface area contributed by atoms with E-state index in [-0.39, 0.29) is 0 Å². The van der Waals surface area contributed by atoms with Crippen molar-refractivity contribution >= 4 is 34.7 Å². The number of anilines is 4. The Labute approximate surface area is 134 Å². The predicted molar refractivity (Wildman–Crippen MR) is 91.2 cm³/mol. The monoisotopic (exact) mass is 310 g/mol. The lowest BCUT2D eigenvalue weighted by molar-refractivity contribution is 1.11. The van der Waals surface area contributed by atoms with Crippen LogP contribution in [0.3, 0.4) is 0 Å². The van der Waals surface area contributed by atoms with Crippen molar-refractivity contribution in [2.45, 2.75) is 6.92 Å². The predicted octanol–water partition coefficient (Wildman–Crippen LogP) is 4.93.